The molecule has 25 heavy (non-hydrogen) atoms. The molecular weight excluding hydrogens is 316 g/mol. The second-order valence-corrected chi connectivity index (χ2v) is 7.25. The number of carbonyl (C=O) groups is 1. The summed E-state index contributed by atoms with van der Waals surface area (Å²) in [6.07, 6.45) is 2.56. The Morgan fingerprint density at radius 1 is 1.36 bits per heavy atom. The van der Waals surface area contributed by atoms with Crippen molar-refractivity contribution in [3.63, 3.8) is 0 Å². The summed E-state index contributed by atoms with van der Waals surface area (Å²) in [5.74, 6) is 0.907. The van der Waals surface area contributed by atoms with Crippen LogP contribution in [0.25, 0.3) is 0 Å². The van der Waals surface area contributed by atoms with E-state index in [9.17, 15) is 4.79 Å². The van der Waals surface area contributed by atoms with Gasteiger partial charge in [-0.3, -0.25) is 4.79 Å². The Morgan fingerprint density at radius 3 is 2.92 bits per heavy atom. The van der Waals surface area contributed by atoms with Crippen molar-refractivity contribution in [3.05, 3.63) is 46.8 Å². The third-order valence-corrected chi connectivity index (χ3v) is 5.06. The van der Waals surface area contributed by atoms with E-state index in [1.54, 1.807) is 7.11 Å². The topological polar surface area (TPSA) is 60.2 Å². The Labute approximate surface area is 147 Å². The third-order valence-electron chi connectivity index (χ3n) is 5.06. The number of ether oxygens (including phenoxy) is 1. The van der Waals surface area contributed by atoms with Gasteiger partial charge in [0.15, 0.2) is 0 Å². The molecular formula is C19H24N4O2. The van der Waals surface area contributed by atoms with Crippen LogP contribution in [0, 0.1) is 12.8 Å². The fraction of sp³-hybridized carbons (Fsp3) is 0.526. The zero-order chi connectivity index (χ0) is 17.4. The van der Waals surface area contributed by atoms with Gasteiger partial charge in [-0.15, -0.1) is 5.10 Å². The van der Waals surface area contributed by atoms with Crippen molar-refractivity contribution in [2.75, 3.05) is 20.3 Å². The van der Waals surface area contributed by atoms with Gasteiger partial charge in [0, 0.05) is 31.7 Å². The largest absolute Gasteiger partial charge is 0.384 e. The molecule has 0 saturated heterocycles. The highest BCUT2D eigenvalue weighted by Gasteiger charge is 2.34. The second-order valence-electron chi connectivity index (χ2n) is 7.25. The summed E-state index contributed by atoms with van der Waals surface area (Å²) in [4.78, 5) is 14.8. The standard InChI is InChI=1S/C19H24N4O2/c1-13-4-3-5-15(8-13)19(24)22-10-16(12-25-2)18-17(11-22)20-21-23(18)9-14-6-7-14/h3-5,8,14,16H,6-7,9-12H2,1-2H3. The van der Waals surface area contributed by atoms with Crippen LogP contribution in [0.4, 0.5) is 0 Å². The van der Waals surface area contributed by atoms with E-state index in [0.717, 1.165) is 35.0 Å². The summed E-state index contributed by atoms with van der Waals surface area (Å²) in [6, 6.07) is 7.74. The monoisotopic (exact) mass is 340 g/mol. The fourth-order valence-corrected chi connectivity index (χ4v) is 3.64. The second kappa shape index (κ2) is 6.59. The number of amides is 1. The molecule has 0 bridgehead atoms. The van der Waals surface area contributed by atoms with Gasteiger partial charge in [-0.1, -0.05) is 22.9 Å². The van der Waals surface area contributed by atoms with Gasteiger partial charge in [0.05, 0.1) is 18.8 Å². The van der Waals surface area contributed by atoms with Gasteiger partial charge in [-0.2, -0.15) is 0 Å². The minimum absolute atomic E-state index is 0.0483. The van der Waals surface area contributed by atoms with Crippen molar-refractivity contribution in [2.24, 2.45) is 5.92 Å². The summed E-state index contributed by atoms with van der Waals surface area (Å²) in [6.45, 7) is 4.68. The van der Waals surface area contributed by atoms with Gasteiger partial charge >= 0.3 is 0 Å². The van der Waals surface area contributed by atoms with Crippen molar-refractivity contribution in [1.29, 1.82) is 0 Å². The minimum atomic E-state index is 0.0483. The predicted molar refractivity (Wildman–Crippen MR) is 93.3 cm³/mol. The molecule has 2 aromatic rings. The van der Waals surface area contributed by atoms with Crippen molar-refractivity contribution in [1.82, 2.24) is 19.9 Å². The first kappa shape index (κ1) is 16.3. The van der Waals surface area contributed by atoms with E-state index in [-0.39, 0.29) is 11.8 Å². The Kier molecular flexibility index (Phi) is 4.29. The molecule has 1 atom stereocenters. The van der Waals surface area contributed by atoms with Crippen molar-refractivity contribution in [3.8, 4) is 0 Å². The van der Waals surface area contributed by atoms with E-state index in [1.807, 2.05) is 40.8 Å². The lowest BCUT2D eigenvalue weighted by atomic mass is 9.97. The minimum Gasteiger partial charge on any atom is -0.384 e. The highest BCUT2D eigenvalue weighted by molar-refractivity contribution is 5.94. The number of nitrogens with zero attached hydrogens (tertiary/aromatic N) is 4. The summed E-state index contributed by atoms with van der Waals surface area (Å²) >= 11 is 0. The van der Waals surface area contributed by atoms with Gasteiger partial charge in [-0.05, 0) is 37.8 Å². The van der Waals surface area contributed by atoms with Crippen LogP contribution in [-0.2, 0) is 17.8 Å². The van der Waals surface area contributed by atoms with E-state index >= 15 is 0 Å². The molecule has 1 amide bonds. The number of fused-ring (bicyclic) bond motifs is 1. The van der Waals surface area contributed by atoms with Crippen LogP contribution >= 0.6 is 0 Å². The first-order valence-electron chi connectivity index (χ1n) is 8.93. The van der Waals surface area contributed by atoms with Crippen LogP contribution in [0.15, 0.2) is 24.3 Å². The third kappa shape index (κ3) is 3.31. The number of hydrogen-bond acceptors (Lipinski definition) is 4. The molecule has 6 nitrogen and oxygen atoms in total. The molecule has 1 aliphatic carbocycles. The van der Waals surface area contributed by atoms with Crippen LogP contribution in [0.5, 0.6) is 0 Å². The summed E-state index contributed by atoms with van der Waals surface area (Å²) in [5.41, 5.74) is 3.88. The molecule has 1 aliphatic heterocycles. The van der Waals surface area contributed by atoms with Crippen molar-refractivity contribution < 1.29 is 9.53 Å². The summed E-state index contributed by atoms with van der Waals surface area (Å²) < 4.78 is 7.48. The summed E-state index contributed by atoms with van der Waals surface area (Å²) in [5, 5.41) is 8.74. The van der Waals surface area contributed by atoms with Crippen LogP contribution in [0.2, 0.25) is 0 Å². The lowest BCUT2D eigenvalue weighted by Gasteiger charge is -2.32. The van der Waals surface area contributed by atoms with Gasteiger partial charge in [0.1, 0.15) is 5.69 Å². The van der Waals surface area contributed by atoms with Crippen LogP contribution in [0.1, 0.15) is 46.1 Å². The Morgan fingerprint density at radius 2 is 2.20 bits per heavy atom. The molecule has 0 spiro atoms. The molecule has 1 unspecified atom stereocenters. The zero-order valence-corrected chi connectivity index (χ0v) is 14.8. The number of methoxy groups -OCH3 is 1. The number of rotatable bonds is 5. The Balaban J connectivity index is 1.60. The zero-order valence-electron chi connectivity index (χ0n) is 14.8. The fourth-order valence-electron chi connectivity index (χ4n) is 3.64. The quantitative estimate of drug-likeness (QED) is 0.838. The lowest BCUT2D eigenvalue weighted by Crippen LogP contribution is -2.40. The van der Waals surface area contributed by atoms with Gasteiger partial charge in [0.2, 0.25) is 0 Å². The molecule has 1 aromatic carbocycles. The Hall–Kier alpha value is -2.21. The van der Waals surface area contributed by atoms with E-state index < -0.39 is 0 Å². The number of hydrogen-bond donors (Lipinski definition) is 0. The van der Waals surface area contributed by atoms with Gasteiger partial charge < -0.3 is 9.64 Å². The smallest absolute Gasteiger partial charge is 0.254 e. The Bertz CT molecular complexity index is 781. The molecule has 4 rings (SSSR count). The van der Waals surface area contributed by atoms with Gasteiger partial charge in [-0.25, -0.2) is 4.68 Å². The molecule has 1 aromatic heterocycles. The first-order chi connectivity index (χ1) is 12.2. The molecule has 2 heterocycles. The van der Waals surface area contributed by atoms with Crippen molar-refractivity contribution in [2.45, 2.75) is 38.8 Å². The first-order valence-corrected chi connectivity index (χ1v) is 8.93. The number of carbonyl (C=O) groups excluding carboxylic acids is 1. The molecule has 0 radical (unpaired) electrons. The van der Waals surface area contributed by atoms with E-state index in [2.05, 4.69) is 10.3 Å². The maximum Gasteiger partial charge on any atom is 0.254 e. The normalized spacial score (nSPS) is 19.8. The van der Waals surface area contributed by atoms with Gasteiger partial charge in [0.25, 0.3) is 5.91 Å². The van der Waals surface area contributed by atoms with E-state index in [4.69, 9.17) is 4.74 Å². The van der Waals surface area contributed by atoms with Crippen LogP contribution < -0.4 is 0 Å². The highest BCUT2D eigenvalue weighted by atomic mass is 16.5. The highest BCUT2D eigenvalue weighted by Crippen LogP contribution is 2.34. The molecule has 1 saturated carbocycles. The number of benzene rings is 1. The molecule has 132 valence electrons. The van der Waals surface area contributed by atoms with Crippen LogP contribution in [0.3, 0.4) is 0 Å². The van der Waals surface area contributed by atoms with Crippen LogP contribution in [-0.4, -0.2) is 46.1 Å². The van der Waals surface area contributed by atoms with E-state index in [1.165, 1.54) is 12.8 Å². The summed E-state index contributed by atoms with van der Waals surface area (Å²) in [7, 11) is 1.70. The lowest BCUT2D eigenvalue weighted by molar-refractivity contribution is 0.0672. The molecule has 2 aliphatic rings. The average molecular weight is 340 g/mol. The SMILES string of the molecule is COCC1CN(C(=O)c2cccc(C)c2)Cc2nnn(CC3CC3)c21. The van der Waals surface area contributed by atoms with Crippen molar-refractivity contribution >= 4 is 5.91 Å². The number of aromatic nitrogens is 3. The maximum atomic E-state index is 12.9. The molecule has 0 N–H and O–H groups in total. The predicted octanol–water partition coefficient (Wildman–Crippen LogP) is 2.38. The average Bonchev–Trinajstić information content (AvgIpc) is 3.33. The molecule has 1 fully saturated rings. The maximum absolute atomic E-state index is 12.9. The molecule has 6 heteroatoms. The number of aryl methyl sites for hydroxylation is 1. The van der Waals surface area contributed by atoms with E-state index in [0.29, 0.717) is 19.7 Å².